The predicted molar refractivity (Wildman–Crippen MR) is 104 cm³/mol. The number of carbonyl (C=O) groups excluding carboxylic acids is 1. The minimum Gasteiger partial charge on any atom is -0.495 e. The van der Waals surface area contributed by atoms with E-state index in [-0.39, 0.29) is 5.91 Å². The largest absolute Gasteiger partial charge is 0.495 e. The molecular formula is C19H15BrClNO3. The monoisotopic (exact) mass is 419 g/mol. The van der Waals surface area contributed by atoms with Crippen molar-refractivity contribution >= 4 is 49.9 Å². The van der Waals surface area contributed by atoms with Gasteiger partial charge in [0, 0.05) is 5.02 Å². The van der Waals surface area contributed by atoms with Crippen molar-refractivity contribution in [3.8, 4) is 11.5 Å². The minimum atomic E-state index is -0.316. The van der Waals surface area contributed by atoms with Crippen molar-refractivity contribution in [3.63, 3.8) is 0 Å². The minimum absolute atomic E-state index is 0.316. The van der Waals surface area contributed by atoms with E-state index in [9.17, 15) is 4.79 Å². The Balaban J connectivity index is 2.07. The van der Waals surface area contributed by atoms with Crippen LogP contribution in [0.15, 0.2) is 53.0 Å². The number of nitrogens with one attached hydrogen (secondary N) is 1. The maximum Gasteiger partial charge on any atom is 0.259 e. The molecule has 0 saturated carbocycles. The van der Waals surface area contributed by atoms with E-state index in [0.717, 1.165) is 15.2 Å². The Morgan fingerprint density at radius 1 is 1.08 bits per heavy atom. The molecule has 1 N–H and O–H groups in total. The maximum atomic E-state index is 12.9. The lowest BCUT2D eigenvalue weighted by atomic mass is 10.0. The van der Waals surface area contributed by atoms with Crippen molar-refractivity contribution in [2.75, 3.05) is 19.5 Å². The number of hydrogen-bond acceptors (Lipinski definition) is 3. The molecule has 0 saturated heterocycles. The number of carbonyl (C=O) groups is 1. The first-order valence-corrected chi connectivity index (χ1v) is 8.62. The Kier molecular flexibility index (Phi) is 5.16. The molecule has 0 fully saturated rings. The van der Waals surface area contributed by atoms with E-state index in [1.54, 1.807) is 24.3 Å². The molecule has 0 radical (unpaired) electrons. The van der Waals surface area contributed by atoms with Crippen LogP contribution in [0.1, 0.15) is 10.4 Å². The van der Waals surface area contributed by atoms with Crippen LogP contribution < -0.4 is 14.8 Å². The van der Waals surface area contributed by atoms with Crippen LogP contribution in [0.3, 0.4) is 0 Å². The highest BCUT2D eigenvalue weighted by molar-refractivity contribution is 9.10. The lowest BCUT2D eigenvalue weighted by Gasteiger charge is -2.15. The third kappa shape index (κ3) is 3.43. The summed E-state index contributed by atoms with van der Waals surface area (Å²) in [4.78, 5) is 12.9. The van der Waals surface area contributed by atoms with Crippen molar-refractivity contribution < 1.29 is 14.3 Å². The number of hydrogen-bond donors (Lipinski definition) is 1. The molecule has 3 aromatic rings. The number of ether oxygens (including phenoxy) is 2. The van der Waals surface area contributed by atoms with Gasteiger partial charge in [0.05, 0.1) is 29.9 Å². The zero-order valence-corrected chi connectivity index (χ0v) is 15.9. The van der Waals surface area contributed by atoms with E-state index >= 15 is 0 Å². The molecule has 1 amide bonds. The summed E-state index contributed by atoms with van der Waals surface area (Å²) in [7, 11) is 3.07. The van der Waals surface area contributed by atoms with Crippen molar-refractivity contribution in [3.05, 3.63) is 63.6 Å². The van der Waals surface area contributed by atoms with E-state index in [1.165, 1.54) is 14.2 Å². The second-order valence-corrected chi connectivity index (χ2v) is 6.52. The molecular weight excluding hydrogens is 406 g/mol. The fraction of sp³-hybridized carbons (Fsp3) is 0.105. The lowest BCUT2D eigenvalue weighted by Crippen LogP contribution is -2.14. The number of amides is 1. The Morgan fingerprint density at radius 2 is 1.84 bits per heavy atom. The summed E-state index contributed by atoms with van der Waals surface area (Å²) in [5.41, 5.74) is 0.904. The molecule has 4 nitrogen and oxygen atoms in total. The van der Waals surface area contributed by atoms with Crippen LogP contribution in [0.25, 0.3) is 10.8 Å². The number of anilines is 1. The van der Waals surface area contributed by atoms with Gasteiger partial charge in [-0.3, -0.25) is 4.79 Å². The number of methoxy groups -OCH3 is 2. The van der Waals surface area contributed by atoms with Gasteiger partial charge >= 0.3 is 0 Å². The summed E-state index contributed by atoms with van der Waals surface area (Å²) < 4.78 is 11.5. The van der Waals surface area contributed by atoms with Crippen LogP contribution in [-0.2, 0) is 0 Å². The van der Waals surface area contributed by atoms with Gasteiger partial charge in [-0.25, -0.2) is 0 Å². The zero-order valence-electron chi connectivity index (χ0n) is 13.6. The van der Waals surface area contributed by atoms with Crippen molar-refractivity contribution in [2.24, 2.45) is 0 Å². The standard InChI is InChI=1S/C19H15BrClNO3/c1-24-16-8-7-12(21)10-15(16)22-19(23)14-9-11-5-3-4-6-13(11)17(20)18(14)25-2/h3-10H,1-2H3,(H,22,23). The molecule has 3 aromatic carbocycles. The Hall–Kier alpha value is -2.24. The molecule has 0 aliphatic rings. The topological polar surface area (TPSA) is 47.6 Å². The van der Waals surface area contributed by atoms with Gasteiger partial charge in [-0.1, -0.05) is 35.9 Å². The first-order valence-electron chi connectivity index (χ1n) is 7.45. The van der Waals surface area contributed by atoms with Crippen molar-refractivity contribution in [1.82, 2.24) is 0 Å². The smallest absolute Gasteiger partial charge is 0.259 e. The molecule has 0 bridgehead atoms. The van der Waals surface area contributed by atoms with Gasteiger partial charge in [-0.05, 0) is 51.0 Å². The highest BCUT2D eigenvalue weighted by atomic mass is 79.9. The van der Waals surface area contributed by atoms with Crippen LogP contribution in [0.5, 0.6) is 11.5 Å². The highest BCUT2D eigenvalue weighted by Crippen LogP contribution is 2.37. The summed E-state index contributed by atoms with van der Waals surface area (Å²) in [5, 5.41) is 5.24. The quantitative estimate of drug-likeness (QED) is 0.604. The predicted octanol–water partition coefficient (Wildman–Crippen LogP) is 5.53. The Bertz CT molecular complexity index is 959. The molecule has 0 heterocycles. The van der Waals surface area contributed by atoms with Crippen LogP contribution >= 0.6 is 27.5 Å². The summed E-state index contributed by atoms with van der Waals surface area (Å²) in [6, 6.07) is 14.6. The number of benzene rings is 3. The number of fused-ring (bicyclic) bond motifs is 1. The van der Waals surface area contributed by atoms with E-state index in [2.05, 4.69) is 21.2 Å². The summed E-state index contributed by atoms with van der Waals surface area (Å²) in [6.07, 6.45) is 0. The van der Waals surface area contributed by atoms with E-state index in [4.69, 9.17) is 21.1 Å². The summed E-state index contributed by atoms with van der Waals surface area (Å²) in [5.74, 6) is 0.678. The number of rotatable bonds is 4. The van der Waals surface area contributed by atoms with Gasteiger partial charge in [0.2, 0.25) is 0 Å². The SMILES string of the molecule is COc1ccc(Cl)cc1NC(=O)c1cc2ccccc2c(Br)c1OC. The molecule has 128 valence electrons. The van der Waals surface area contributed by atoms with Crippen LogP contribution in [0, 0.1) is 0 Å². The van der Waals surface area contributed by atoms with Crippen molar-refractivity contribution in [1.29, 1.82) is 0 Å². The van der Waals surface area contributed by atoms with Gasteiger partial charge in [0.25, 0.3) is 5.91 Å². The van der Waals surface area contributed by atoms with Crippen LogP contribution in [0.2, 0.25) is 5.02 Å². The van der Waals surface area contributed by atoms with E-state index in [1.807, 2.05) is 24.3 Å². The second kappa shape index (κ2) is 7.33. The zero-order chi connectivity index (χ0) is 18.0. The lowest BCUT2D eigenvalue weighted by molar-refractivity contribution is 0.102. The van der Waals surface area contributed by atoms with Gasteiger partial charge in [-0.2, -0.15) is 0 Å². The van der Waals surface area contributed by atoms with Crippen LogP contribution in [-0.4, -0.2) is 20.1 Å². The summed E-state index contributed by atoms with van der Waals surface area (Å²) in [6.45, 7) is 0. The normalized spacial score (nSPS) is 10.6. The van der Waals surface area contributed by atoms with Gasteiger partial charge in [0.15, 0.2) is 0 Å². The third-order valence-corrected chi connectivity index (χ3v) is 4.82. The summed E-state index contributed by atoms with van der Waals surface area (Å²) >= 11 is 9.56. The fourth-order valence-corrected chi connectivity index (χ4v) is 3.53. The Morgan fingerprint density at radius 3 is 2.56 bits per heavy atom. The molecule has 0 unspecified atom stereocenters. The third-order valence-electron chi connectivity index (χ3n) is 3.80. The Labute approximate surface area is 158 Å². The van der Waals surface area contributed by atoms with Gasteiger partial charge in [-0.15, -0.1) is 0 Å². The average Bonchev–Trinajstić information content (AvgIpc) is 2.62. The van der Waals surface area contributed by atoms with Crippen molar-refractivity contribution in [2.45, 2.75) is 0 Å². The fourth-order valence-electron chi connectivity index (χ4n) is 2.62. The second-order valence-electron chi connectivity index (χ2n) is 5.29. The molecule has 0 aromatic heterocycles. The highest BCUT2D eigenvalue weighted by Gasteiger charge is 2.19. The first kappa shape index (κ1) is 17.6. The van der Waals surface area contributed by atoms with Gasteiger partial charge in [0.1, 0.15) is 11.5 Å². The molecule has 25 heavy (non-hydrogen) atoms. The maximum absolute atomic E-state index is 12.9. The molecule has 3 rings (SSSR count). The molecule has 0 aliphatic carbocycles. The van der Waals surface area contributed by atoms with E-state index < -0.39 is 0 Å². The average molecular weight is 421 g/mol. The molecule has 6 heteroatoms. The first-order chi connectivity index (χ1) is 12.0. The molecule has 0 aliphatic heterocycles. The van der Waals surface area contributed by atoms with E-state index in [0.29, 0.717) is 27.8 Å². The molecule has 0 atom stereocenters. The number of halogens is 2. The molecule has 0 spiro atoms. The van der Waals surface area contributed by atoms with Gasteiger partial charge < -0.3 is 14.8 Å². The van der Waals surface area contributed by atoms with Crippen LogP contribution in [0.4, 0.5) is 5.69 Å².